The number of amides is 1. The number of esters is 1. The molecule has 2 atom stereocenters. The van der Waals surface area contributed by atoms with E-state index in [2.05, 4.69) is 10.6 Å². The predicted octanol–water partition coefficient (Wildman–Crippen LogP) is 0.601. The van der Waals surface area contributed by atoms with Crippen LogP contribution in [0.3, 0.4) is 0 Å². The lowest BCUT2D eigenvalue weighted by atomic mass is 9.86. The zero-order valence-corrected chi connectivity index (χ0v) is 12.9. The van der Waals surface area contributed by atoms with Crippen LogP contribution < -0.4 is 10.6 Å². The first-order valence-electron chi connectivity index (χ1n) is 7.87. The fourth-order valence-corrected chi connectivity index (χ4v) is 3.12. The highest BCUT2D eigenvalue weighted by Crippen LogP contribution is 2.25. The van der Waals surface area contributed by atoms with E-state index in [0.717, 1.165) is 38.6 Å². The summed E-state index contributed by atoms with van der Waals surface area (Å²) >= 11 is 0. The van der Waals surface area contributed by atoms with E-state index in [0.29, 0.717) is 6.61 Å². The molecule has 0 aromatic rings. The molecule has 6 nitrogen and oxygen atoms in total. The van der Waals surface area contributed by atoms with Gasteiger partial charge in [-0.05, 0) is 39.0 Å². The molecule has 2 N–H and O–H groups in total. The van der Waals surface area contributed by atoms with Crippen LogP contribution in [0, 0.1) is 5.92 Å². The lowest BCUT2D eigenvalue weighted by Crippen LogP contribution is -2.46. The third-order valence-corrected chi connectivity index (χ3v) is 4.43. The van der Waals surface area contributed by atoms with Gasteiger partial charge in [-0.3, -0.25) is 9.59 Å². The van der Waals surface area contributed by atoms with Crippen LogP contribution in [0.5, 0.6) is 0 Å². The highest BCUT2D eigenvalue weighted by Gasteiger charge is 2.32. The van der Waals surface area contributed by atoms with Crippen molar-refractivity contribution in [3.63, 3.8) is 0 Å². The average molecular weight is 298 g/mol. The second-order valence-electron chi connectivity index (χ2n) is 5.86. The topological polar surface area (TPSA) is 76.7 Å². The third kappa shape index (κ3) is 4.41. The molecule has 1 amide bonds. The molecule has 2 rings (SSSR count). The molecule has 0 bridgehead atoms. The fourth-order valence-electron chi connectivity index (χ4n) is 3.12. The molecule has 0 aromatic carbocycles. The Morgan fingerprint density at radius 2 is 1.95 bits per heavy atom. The zero-order chi connectivity index (χ0) is 15.2. The van der Waals surface area contributed by atoms with E-state index in [9.17, 15) is 9.59 Å². The summed E-state index contributed by atoms with van der Waals surface area (Å²) in [4.78, 5) is 23.8. The molecule has 1 saturated carbocycles. The van der Waals surface area contributed by atoms with Crippen molar-refractivity contribution in [1.82, 2.24) is 10.6 Å². The van der Waals surface area contributed by atoms with E-state index < -0.39 is 0 Å². The molecular formula is C15H26N2O4. The van der Waals surface area contributed by atoms with Crippen LogP contribution in [0.1, 0.15) is 39.0 Å². The number of nitrogens with one attached hydrogen (secondary N) is 2. The van der Waals surface area contributed by atoms with Gasteiger partial charge in [-0.2, -0.15) is 0 Å². The fraction of sp³-hybridized carbons (Fsp3) is 0.867. The van der Waals surface area contributed by atoms with Gasteiger partial charge in [0.2, 0.25) is 5.91 Å². The number of hydrogen-bond donors (Lipinski definition) is 2. The highest BCUT2D eigenvalue weighted by molar-refractivity contribution is 5.82. The minimum absolute atomic E-state index is 0.000536. The van der Waals surface area contributed by atoms with Gasteiger partial charge in [-0.15, -0.1) is 0 Å². The Hall–Kier alpha value is -1.14. The van der Waals surface area contributed by atoms with E-state index in [1.54, 1.807) is 7.11 Å². The van der Waals surface area contributed by atoms with Crippen LogP contribution in [-0.4, -0.2) is 50.3 Å². The summed E-state index contributed by atoms with van der Waals surface area (Å²) < 4.78 is 10.3. The molecule has 2 aliphatic rings. The highest BCUT2D eigenvalue weighted by atomic mass is 16.5. The monoisotopic (exact) mass is 298 g/mol. The smallest absolute Gasteiger partial charge is 0.308 e. The Kier molecular flexibility index (Phi) is 5.99. The van der Waals surface area contributed by atoms with Gasteiger partial charge in [0.05, 0.1) is 24.7 Å². The predicted molar refractivity (Wildman–Crippen MR) is 77.7 cm³/mol. The number of carbonyl (C=O) groups excluding carboxylic acids is 2. The summed E-state index contributed by atoms with van der Waals surface area (Å²) in [5.41, 5.74) is 0. The molecule has 2 fully saturated rings. The standard InChI is InChI=1S/C15H26N2O4/c1-3-21-15(19)10-4-6-11(7-5-10)17-14(18)13-8-12(20-2)9-16-13/h10-13,16H,3-9H2,1-2H3,(H,17,18). The van der Waals surface area contributed by atoms with Crippen LogP contribution in [0.4, 0.5) is 0 Å². The van der Waals surface area contributed by atoms with Crippen molar-refractivity contribution in [1.29, 1.82) is 0 Å². The number of rotatable bonds is 5. The molecule has 0 radical (unpaired) electrons. The van der Waals surface area contributed by atoms with Crippen LogP contribution in [0.25, 0.3) is 0 Å². The van der Waals surface area contributed by atoms with Crippen LogP contribution in [0.15, 0.2) is 0 Å². The van der Waals surface area contributed by atoms with Crippen molar-refractivity contribution >= 4 is 11.9 Å². The number of ether oxygens (including phenoxy) is 2. The van der Waals surface area contributed by atoms with Crippen molar-refractivity contribution in [3.8, 4) is 0 Å². The Morgan fingerprint density at radius 3 is 2.52 bits per heavy atom. The maximum atomic E-state index is 12.2. The van der Waals surface area contributed by atoms with Gasteiger partial charge in [-0.25, -0.2) is 0 Å². The molecule has 0 aromatic heterocycles. The first-order chi connectivity index (χ1) is 10.1. The molecule has 21 heavy (non-hydrogen) atoms. The minimum atomic E-state index is -0.155. The SMILES string of the molecule is CCOC(=O)C1CCC(NC(=O)C2CC(OC)CN2)CC1. The van der Waals surface area contributed by atoms with E-state index in [4.69, 9.17) is 9.47 Å². The molecule has 2 unspecified atom stereocenters. The van der Waals surface area contributed by atoms with Crippen LogP contribution >= 0.6 is 0 Å². The van der Waals surface area contributed by atoms with Gasteiger partial charge in [-0.1, -0.05) is 0 Å². The Labute approximate surface area is 125 Å². The van der Waals surface area contributed by atoms with E-state index in [1.165, 1.54) is 0 Å². The lowest BCUT2D eigenvalue weighted by Gasteiger charge is -2.28. The summed E-state index contributed by atoms with van der Waals surface area (Å²) in [6.07, 6.45) is 4.12. The van der Waals surface area contributed by atoms with E-state index in [1.807, 2.05) is 6.92 Å². The van der Waals surface area contributed by atoms with Gasteiger partial charge < -0.3 is 20.1 Å². The molecule has 120 valence electrons. The van der Waals surface area contributed by atoms with Crippen molar-refractivity contribution in [2.24, 2.45) is 5.92 Å². The Morgan fingerprint density at radius 1 is 1.24 bits per heavy atom. The number of methoxy groups -OCH3 is 1. The first-order valence-corrected chi connectivity index (χ1v) is 7.87. The quantitative estimate of drug-likeness (QED) is 0.727. The van der Waals surface area contributed by atoms with Crippen LogP contribution in [0.2, 0.25) is 0 Å². The summed E-state index contributed by atoms with van der Waals surface area (Å²) in [5.74, 6) is -0.0441. The number of hydrogen-bond acceptors (Lipinski definition) is 5. The Balaban J connectivity index is 1.71. The van der Waals surface area contributed by atoms with Gasteiger partial charge in [0, 0.05) is 19.7 Å². The van der Waals surface area contributed by atoms with E-state index >= 15 is 0 Å². The third-order valence-electron chi connectivity index (χ3n) is 4.43. The van der Waals surface area contributed by atoms with E-state index in [-0.39, 0.29) is 36.0 Å². The summed E-state index contributed by atoms with van der Waals surface area (Å²) in [6, 6.07) is 0.0179. The molecule has 1 heterocycles. The summed E-state index contributed by atoms with van der Waals surface area (Å²) in [6.45, 7) is 2.99. The molecule has 6 heteroatoms. The lowest BCUT2D eigenvalue weighted by molar-refractivity contribution is -0.149. The normalized spacial score (nSPS) is 32.7. The molecule has 1 saturated heterocycles. The summed E-state index contributed by atoms with van der Waals surface area (Å²) in [7, 11) is 1.67. The molecule has 1 aliphatic carbocycles. The zero-order valence-electron chi connectivity index (χ0n) is 12.9. The largest absolute Gasteiger partial charge is 0.466 e. The number of carbonyl (C=O) groups is 2. The average Bonchev–Trinajstić information content (AvgIpc) is 2.97. The van der Waals surface area contributed by atoms with Crippen molar-refractivity contribution < 1.29 is 19.1 Å². The van der Waals surface area contributed by atoms with Crippen molar-refractivity contribution in [2.75, 3.05) is 20.3 Å². The van der Waals surface area contributed by atoms with Gasteiger partial charge >= 0.3 is 5.97 Å². The minimum Gasteiger partial charge on any atom is -0.466 e. The summed E-state index contributed by atoms with van der Waals surface area (Å²) in [5, 5.41) is 6.27. The van der Waals surface area contributed by atoms with Gasteiger partial charge in [0.15, 0.2) is 0 Å². The first kappa shape index (κ1) is 16.2. The maximum absolute atomic E-state index is 12.2. The molecule has 1 aliphatic heterocycles. The molecular weight excluding hydrogens is 272 g/mol. The van der Waals surface area contributed by atoms with Gasteiger partial charge in [0.25, 0.3) is 0 Å². The van der Waals surface area contributed by atoms with Crippen molar-refractivity contribution in [3.05, 3.63) is 0 Å². The molecule has 0 spiro atoms. The maximum Gasteiger partial charge on any atom is 0.308 e. The Bertz CT molecular complexity index is 367. The van der Waals surface area contributed by atoms with Crippen molar-refractivity contribution in [2.45, 2.75) is 57.2 Å². The second-order valence-corrected chi connectivity index (χ2v) is 5.86. The second kappa shape index (κ2) is 7.75. The van der Waals surface area contributed by atoms with Crippen LogP contribution in [-0.2, 0) is 19.1 Å². The van der Waals surface area contributed by atoms with Gasteiger partial charge in [0.1, 0.15) is 0 Å².